The minimum atomic E-state index is -0.250. The van der Waals surface area contributed by atoms with Crippen molar-refractivity contribution in [3.63, 3.8) is 0 Å². The molecule has 0 N–H and O–H groups in total. The first kappa shape index (κ1) is 16.0. The van der Waals surface area contributed by atoms with Gasteiger partial charge in [-0.05, 0) is 24.1 Å². The number of hydrogen-bond acceptors (Lipinski definition) is 0. The predicted molar refractivity (Wildman–Crippen MR) is 90.8 cm³/mol. The molecule has 0 spiro atoms. The maximum absolute atomic E-state index is 14.1. The molecule has 0 saturated heterocycles. The third-order valence-corrected chi connectivity index (χ3v) is 5.98. The van der Waals surface area contributed by atoms with Gasteiger partial charge in [0.05, 0.1) is 0 Å². The van der Waals surface area contributed by atoms with Gasteiger partial charge < -0.3 is 0 Å². The Morgan fingerprint density at radius 1 is 0.950 bits per heavy atom. The smallest absolute Gasteiger partial charge is 0.127 e. The summed E-state index contributed by atoms with van der Waals surface area (Å²) < 4.78 is 14.1. The van der Waals surface area contributed by atoms with E-state index in [1.165, 1.54) is 6.07 Å². The summed E-state index contributed by atoms with van der Waals surface area (Å²) in [5.74, 6) is -0.250. The fraction of sp³-hybridized carbons (Fsp3) is 0.250. The maximum Gasteiger partial charge on any atom is 0.127 e. The lowest BCUT2D eigenvalue weighted by molar-refractivity contribution is 0.523. The van der Waals surface area contributed by atoms with Crippen LogP contribution in [0.1, 0.15) is 11.1 Å². The summed E-state index contributed by atoms with van der Waals surface area (Å²) in [6, 6.07) is 14.9. The highest BCUT2D eigenvalue weighted by atomic mass is 79.9. The molecule has 0 amide bonds. The monoisotopic (exact) mass is 418 g/mol. The summed E-state index contributed by atoms with van der Waals surface area (Å²) in [6.45, 7) is 0. The largest absolute Gasteiger partial charge is 0.207 e. The van der Waals surface area contributed by atoms with Gasteiger partial charge in [-0.1, -0.05) is 79.9 Å². The molecule has 0 aromatic heterocycles. The van der Waals surface area contributed by atoms with E-state index in [4.69, 9.17) is 11.6 Å². The second-order valence-corrected chi connectivity index (χ2v) is 6.32. The first-order valence-electron chi connectivity index (χ1n) is 6.23. The lowest BCUT2D eigenvalue weighted by atomic mass is 9.79. The van der Waals surface area contributed by atoms with Gasteiger partial charge in [0.25, 0.3) is 0 Å². The van der Waals surface area contributed by atoms with Crippen molar-refractivity contribution in [2.45, 2.75) is 11.8 Å². The molecular weight excluding hydrogens is 406 g/mol. The van der Waals surface area contributed by atoms with E-state index in [-0.39, 0.29) is 11.2 Å². The summed E-state index contributed by atoms with van der Waals surface area (Å²) in [4.78, 5) is 0. The number of rotatable bonds is 5. The van der Waals surface area contributed by atoms with Crippen molar-refractivity contribution < 1.29 is 4.39 Å². The Labute approximate surface area is 140 Å². The molecular formula is C16H14Br2ClF. The second-order valence-electron chi connectivity index (χ2n) is 4.79. The molecule has 0 heterocycles. The standard InChI is InChI=1S/C16H14Br2ClF/c17-10-16(11-18,12-5-2-1-3-6-12)9-13-14(19)7-4-8-15(13)20/h1-8H,9-11H2. The normalized spacial score (nSPS) is 11.6. The molecule has 0 fully saturated rings. The van der Waals surface area contributed by atoms with Gasteiger partial charge >= 0.3 is 0 Å². The van der Waals surface area contributed by atoms with Crippen molar-refractivity contribution >= 4 is 43.5 Å². The van der Waals surface area contributed by atoms with Crippen LogP contribution in [0.5, 0.6) is 0 Å². The van der Waals surface area contributed by atoms with Crippen LogP contribution in [0.3, 0.4) is 0 Å². The Morgan fingerprint density at radius 3 is 2.15 bits per heavy atom. The van der Waals surface area contributed by atoms with E-state index >= 15 is 0 Å². The van der Waals surface area contributed by atoms with Gasteiger partial charge in [-0.25, -0.2) is 4.39 Å². The zero-order valence-corrected chi connectivity index (χ0v) is 14.7. The highest BCUT2D eigenvalue weighted by Gasteiger charge is 2.32. The van der Waals surface area contributed by atoms with E-state index in [1.807, 2.05) is 18.2 Å². The Morgan fingerprint density at radius 2 is 1.60 bits per heavy atom. The number of hydrogen-bond donors (Lipinski definition) is 0. The molecule has 106 valence electrons. The molecule has 2 aromatic rings. The molecule has 0 aliphatic rings. The van der Waals surface area contributed by atoms with E-state index in [2.05, 4.69) is 44.0 Å². The molecule has 0 atom stereocenters. The second kappa shape index (κ2) is 7.06. The lowest BCUT2D eigenvalue weighted by Crippen LogP contribution is -2.33. The minimum absolute atomic E-state index is 0.229. The lowest BCUT2D eigenvalue weighted by Gasteiger charge is -2.31. The summed E-state index contributed by atoms with van der Waals surface area (Å²) in [5, 5.41) is 1.92. The van der Waals surface area contributed by atoms with Crippen LogP contribution in [0.25, 0.3) is 0 Å². The van der Waals surface area contributed by atoms with Gasteiger partial charge in [0.2, 0.25) is 0 Å². The molecule has 0 nitrogen and oxygen atoms in total. The predicted octanol–water partition coefficient (Wildman–Crippen LogP) is 5.75. The van der Waals surface area contributed by atoms with Crippen molar-refractivity contribution in [1.29, 1.82) is 0 Å². The minimum Gasteiger partial charge on any atom is -0.207 e. The SMILES string of the molecule is Fc1cccc(Cl)c1CC(CBr)(CBr)c1ccccc1. The molecule has 2 aromatic carbocycles. The number of benzene rings is 2. The van der Waals surface area contributed by atoms with Crippen LogP contribution in [0.4, 0.5) is 4.39 Å². The topological polar surface area (TPSA) is 0 Å². The van der Waals surface area contributed by atoms with E-state index in [1.54, 1.807) is 12.1 Å². The highest BCUT2D eigenvalue weighted by molar-refractivity contribution is 9.09. The molecule has 2 rings (SSSR count). The third-order valence-electron chi connectivity index (χ3n) is 3.47. The molecule has 0 aliphatic carbocycles. The summed E-state index contributed by atoms with van der Waals surface area (Å²) in [7, 11) is 0. The summed E-state index contributed by atoms with van der Waals surface area (Å²) >= 11 is 13.3. The third kappa shape index (κ3) is 3.26. The first-order chi connectivity index (χ1) is 9.63. The first-order valence-corrected chi connectivity index (χ1v) is 8.85. The van der Waals surface area contributed by atoms with Crippen LogP contribution < -0.4 is 0 Å². The zero-order chi connectivity index (χ0) is 14.6. The van der Waals surface area contributed by atoms with E-state index in [0.717, 1.165) is 16.2 Å². The molecule has 4 heteroatoms. The van der Waals surface area contributed by atoms with Gasteiger partial charge in [-0.2, -0.15) is 0 Å². The molecule has 0 aliphatic heterocycles. The average Bonchev–Trinajstić information content (AvgIpc) is 2.49. The van der Waals surface area contributed by atoms with Gasteiger partial charge in [0.1, 0.15) is 5.82 Å². The van der Waals surface area contributed by atoms with E-state index in [0.29, 0.717) is 17.0 Å². The average molecular weight is 421 g/mol. The molecule has 0 bridgehead atoms. The molecule has 20 heavy (non-hydrogen) atoms. The van der Waals surface area contributed by atoms with Crippen LogP contribution in [0.2, 0.25) is 5.02 Å². The van der Waals surface area contributed by atoms with Crippen LogP contribution in [0, 0.1) is 5.82 Å². The van der Waals surface area contributed by atoms with Crippen molar-refractivity contribution in [2.75, 3.05) is 10.7 Å². The summed E-state index contributed by atoms with van der Waals surface area (Å²) in [5.41, 5.74) is 1.50. The fourth-order valence-corrected chi connectivity index (χ4v) is 4.42. The Bertz CT molecular complexity index is 548. The Hall–Kier alpha value is -0.380. The van der Waals surface area contributed by atoms with Crippen molar-refractivity contribution in [1.82, 2.24) is 0 Å². The molecule has 0 unspecified atom stereocenters. The number of halogens is 4. The Balaban J connectivity index is 2.45. The van der Waals surface area contributed by atoms with Crippen molar-refractivity contribution in [3.05, 3.63) is 70.5 Å². The van der Waals surface area contributed by atoms with Gasteiger partial charge in [-0.15, -0.1) is 0 Å². The maximum atomic E-state index is 14.1. The fourth-order valence-electron chi connectivity index (χ4n) is 2.22. The van der Waals surface area contributed by atoms with E-state index in [9.17, 15) is 4.39 Å². The Kier molecular flexibility index (Phi) is 5.65. The van der Waals surface area contributed by atoms with Crippen molar-refractivity contribution in [3.8, 4) is 0 Å². The molecule has 0 radical (unpaired) electrons. The van der Waals surface area contributed by atoms with Crippen LogP contribution >= 0.6 is 43.5 Å². The zero-order valence-electron chi connectivity index (χ0n) is 10.8. The van der Waals surface area contributed by atoms with E-state index < -0.39 is 0 Å². The van der Waals surface area contributed by atoms with Crippen LogP contribution in [-0.2, 0) is 11.8 Å². The highest BCUT2D eigenvalue weighted by Crippen LogP contribution is 2.35. The van der Waals surface area contributed by atoms with Crippen molar-refractivity contribution in [2.24, 2.45) is 0 Å². The van der Waals surface area contributed by atoms with Gasteiger partial charge in [0.15, 0.2) is 0 Å². The van der Waals surface area contributed by atoms with Gasteiger partial charge in [-0.3, -0.25) is 0 Å². The van der Waals surface area contributed by atoms with Crippen LogP contribution in [-0.4, -0.2) is 10.7 Å². The van der Waals surface area contributed by atoms with Gasteiger partial charge in [0, 0.05) is 26.7 Å². The number of alkyl halides is 2. The quantitative estimate of drug-likeness (QED) is 0.541. The summed E-state index contributed by atoms with van der Waals surface area (Å²) in [6.07, 6.45) is 0.541. The molecule has 0 saturated carbocycles. The van der Waals surface area contributed by atoms with Crippen LogP contribution in [0.15, 0.2) is 48.5 Å².